The van der Waals surface area contributed by atoms with Crippen LogP contribution in [0.3, 0.4) is 0 Å². The lowest BCUT2D eigenvalue weighted by atomic mass is 9.93. The number of aliphatic hydroxyl groups excluding tert-OH is 28. The molecule has 7 amide bonds. The van der Waals surface area contributed by atoms with Gasteiger partial charge in [-0.05, 0) is 0 Å². The molecule has 143 heavy (non-hydrogen) atoms. The molecule has 0 aromatic rings. The normalized spacial score (nSPS) is 47.3. The zero-order valence-corrected chi connectivity index (χ0v) is 77.5. The smallest absolute Gasteiger partial charge is 0.217 e. The minimum atomic E-state index is -2.71. The van der Waals surface area contributed by atoms with Crippen LogP contribution < -0.4 is 37.2 Å². The van der Waals surface area contributed by atoms with Gasteiger partial charge in [-0.2, -0.15) is 0 Å². The maximum Gasteiger partial charge on any atom is 0.217 e. The Morgan fingerprint density at radius 3 is 0.734 bits per heavy atom. The van der Waals surface area contributed by atoms with Crippen molar-refractivity contribution in [3.8, 4) is 0 Å². The second kappa shape index (κ2) is 51.9. The van der Waals surface area contributed by atoms with Gasteiger partial charge in [0, 0.05) is 48.5 Å². The highest BCUT2D eigenvalue weighted by molar-refractivity contribution is 5.75. The molecule has 35 N–H and O–H groups in total. The number of carbonyl (C=O) groups is 7. The maximum atomic E-state index is 13.3. The molecule has 11 aliphatic heterocycles. The fraction of sp³-hybridized carbons (Fsp3) is 0.912. The Labute approximate surface area is 810 Å². The van der Waals surface area contributed by atoms with Crippen LogP contribution in [0.5, 0.6) is 0 Å². The predicted molar refractivity (Wildman–Crippen MR) is 444 cm³/mol. The van der Waals surface area contributed by atoms with E-state index < -0.39 is 451 Å². The number of nitrogens with one attached hydrogen (secondary N) is 7. The van der Waals surface area contributed by atoms with Crippen LogP contribution >= 0.6 is 0 Å². The van der Waals surface area contributed by atoms with Crippen LogP contribution in [0, 0.1) is 0 Å². The molecule has 824 valence electrons. The van der Waals surface area contributed by atoms with Gasteiger partial charge in [0.2, 0.25) is 41.4 Å². The zero-order valence-electron chi connectivity index (χ0n) is 77.5. The summed E-state index contributed by atoms with van der Waals surface area (Å²) in [5.41, 5.74) is 0. The van der Waals surface area contributed by atoms with Gasteiger partial charge in [0.05, 0.1) is 72.7 Å². The van der Waals surface area contributed by atoms with Gasteiger partial charge in [0.25, 0.3) is 0 Å². The molecule has 11 fully saturated rings. The van der Waals surface area contributed by atoms with E-state index in [0.717, 1.165) is 48.5 Å². The summed E-state index contributed by atoms with van der Waals surface area (Å²) in [6.07, 6.45) is -103. The van der Waals surface area contributed by atoms with Gasteiger partial charge >= 0.3 is 0 Å². The molecule has 0 aromatic carbocycles. The number of carbonyl (C=O) groups excluding carboxylic acids is 7. The van der Waals surface area contributed by atoms with Crippen LogP contribution in [-0.4, -0.2) is 594 Å². The number of aliphatic hydroxyl groups is 28. The van der Waals surface area contributed by atoms with Crippen LogP contribution in [0.4, 0.5) is 0 Å². The molecule has 11 rings (SSSR count). The van der Waals surface area contributed by atoms with E-state index in [1.807, 2.05) is 0 Å². The number of amides is 7. The average molecular weight is 2090 g/mol. The van der Waals surface area contributed by atoms with E-state index >= 15 is 0 Å². The molecule has 0 aliphatic carbocycles. The Kier molecular flexibility index (Phi) is 42.7. The lowest BCUT2D eigenvalue weighted by Gasteiger charge is -2.51. The van der Waals surface area contributed by atoms with E-state index in [0.29, 0.717) is 0 Å². The number of hydrogen-bond acceptors (Lipinski definition) is 56. The van der Waals surface area contributed by atoms with Gasteiger partial charge in [0.1, 0.15) is 268 Å². The Bertz CT molecular complexity index is 4050. The van der Waals surface area contributed by atoms with Crippen molar-refractivity contribution in [1.29, 1.82) is 0 Å². The van der Waals surface area contributed by atoms with Crippen LogP contribution in [0.15, 0.2) is 0 Å². The second-order valence-corrected chi connectivity index (χ2v) is 36.0. The van der Waals surface area contributed by atoms with Gasteiger partial charge in [-0.25, -0.2) is 0 Å². The molecule has 0 radical (unpaired) electrons. The average Bonchev–Trinajstić information content (AvgIpc) is 0.765. The first-order chi connectivity index (χ1) is 67.6. The SMILES string of the molecule is CC(=O)N[C@@H]1[C@@H](O)[C@H](O[C@@H]2O[C@H](CO)[C@@H](O[C@@H]3O[C@H](CO[C@H]4O[C@H](CO[C@@H]5O[C@H](CO)[C@@H](O[C@@H]6O[C@H](CO)[C@H](O)[C@H](O)[C@H]6NC(C)=O)[C@@H](O)[C@H]5NC(C)=O)[C@@H](O)[C@H](O)[C@@H]4O[C@@H]4O[C@H](CO)[C@@H](O[C@@H]5O[C@H](CO)[C@H](O)[C@H](O)[C@H]5O)[C@H](O)[C@H]4NC(C)=O)[C@@H](O)[C@H](O[C@H]4O[C@H](CO)[C@@H](O)[C@H](O)[C@@H]4O[C@@H]4O[C@H](CO)[C@@H](O[C@@H]5O[C@H](CO)[C@H](O)[C@H](O)[C@H]5NC(C)=O)[C@H](O)[C@H]4NC(C)=O)[C@@H]3O)[C@H](O)[C@H]2NC(C)=O)[C@@H](CO)O[C@H]1O. The lowest BCUT2D eigenvalue weighted by molar-refractivity contribution is -0.398. The van der Waals surface area contributed by atoms with Crippen molar-refractivity contribution in [2.75, 3.05) is 72.7 Å². The molecule has 11 aliphatic rings. The van der Waals surface area contributed by atoms with Crippen LogP contribution in [-0.2, 0) is 133 Å². The first-order valence-electron chi connectivity index (χ1n) is 45.6. The van der Waals surface area contributed by atoms with E-state index in [-0.39, 0.29) is 0 Å². The summed E-state index contributed by atoms with van der Waals surface area (Å²) in [5, 5.41) is 335. The van der Waals surface area contributed by atoms with E-state index in [2.05, 4.69) is 37.2 Å². The largest absolute Gasteiger partial charge is 0.394 e. The third-order valence-electron chi connectivity index (χ3n) is 25.8. The van der Waals surface area contributed by atoms with Gasteiger partial charge in [0.15, 0.2) is 69.2 Å². The standard InChI is InChI=1S/C80H133N7O56/c1-19(97)81-37-52(112)62(30(12-92)125-70(37)122)136-74-41(85-23(5)101)55(115)66(34(16-96)131-74)140-78-61(121)67(141-80-69(58(118)47(107)29(11-91)129-80)143-76-42(86-24(6)102)54(114)64(32(14-94)132-76)138-73-39(83-21(3)99)51(111)45(105)27(9-89)127-73)49(109)36(134-78)18-124-79-68(142-75-43(87-25(7)103)56(116)65(33(15-95)133-75)139-77-60(120)57(117)46(106)28(10-90)128-77)59(119)48(108)35(135-79)17-123-71-40(84-22(4)100)53(113)63(31(13-93)130-71)137-72-38(82-20(2)98)50(110)44(104)26(8-88)126-72/h26-80,88-96,104-122H,8-18H2,1-7H3,(H,81,97)(H,82,98)(H,83,99)(H,84,100)(H,85,101)(H,86,102)(H,87,103)/t26-,27-,28-,29-,30-,31-,32-,33-,34-,35-,36-,37-,38-,39-,40-,41-,42-,43-,44+,45+,46+,47-,48-,49-,50-,51-,52-,53+,54-,55-,56-,57+,58+,59+,60-,61+,62-,63-,64-,65-,66-,67+,68+,69+,70-,71-,72+,73+,74+,75+,76+,77+,78+,79+,80-/m1/s1. The topological polar surface area (TPSA) is 964 Å². The molecule has 0 aromatic heterocycles. The van der Waals surface area contributed by atoms with E-state index in [1.165, 1.54) is 0 Å². The Morgan fingerprint density at radius 2 is 0.392 bits per heavy atom. The highest BCUT2D eigenvalue weighted by Gasteiger charge is 2.63. The quantitative estimate of drug-likeness (QED) is 0.0273. The monoisotopic (exact) mass is 2090 g/mol. The van der Waals surface area contributed by atoms with Crippen LogP contribution in [0.2, 0.25) is 0 Å². The third-order valence-corrected chi connectivity index (χ3v) is 25.8. The first kappa shape index (κ1) is 118. The molecule has 0 bridgehead atoms. The molecule has 11 saturated heterocycles. The van der Waals surface area contributed by atoms with Gasteiger partial charge in [-0.1, -0.05) is 0 Å². The summed E-state index contributed by atoms with van der Waals surface area (Å²) in [6, 6.07) is -13.1. The molecule has 0 saturated carbocycles. The summed E-state index contributed by atoms with van der Waals surface area (Å²) in [6.45, 7) is -6.08. The predicted octanol–water partition coefficient (Wildman–Crippen LogP) is -24.0. The minimum absolute atomic E-state index is 0.825. The summed E-state index contributed by atoms with van der Waals surface area (Å²) in [7, 11) is 0. The van der Waals surface area contributed by atoms with Gasteiger partial charge in [-0.3, -0.25) is 33.6 Å². The van der Waals surface area contributed by atoms with E-state index in [4.69, 9.17) is 99.5 Å². The van der Waals surface area contributed by atoms with Crippen molar-refractivity contribution >= 4 is 41.4 Å². The zero-order chi connectivity index (χ0) is 105. The summed E-state index contributed by atoms with van der Waals surface area (Å²) < 4.78 is 127. The molecule has 0 spiro atoms. The summed E-state index contributed by atoms with van der Waals surface area (Å²) >= 11 is 0. The van der Waals surface area contributed by atoms with Gasteiger partial charge < -0.3 is 280 Å². The molecular weight excluding hydrogens is 1950 g/mol. The first-order valence-corrected chi connectivity index (χ1v) is 45.6. The van der Waals surface area contributed by atoms with Crippen molar-refractivity contribution in [2.24, 2.45) is 0 Å². The lowest BCUT2D eigenvalue weighted by Crippen LogP contribution is -2.71. The fourth-order valence-electron chi connectivity index (χ4n) is 18.5. The summed E-state index contributed by atoms with van der Waals surface area (Å²) in [4.78, 5) is 90.1. The Balaban J connectivity index is 0.972. The second-order valence-electron chi connectivity index (χ2n) is 36.0. The van der Waals surface area contributed by atoms with Crippen molar-refractivity contribution in [3.05, 3.63) is 0 Å². The van der Waals surface area contributed by atoms with Crippen molar-refractivity contribution in [1.82, 2.24) is 37.2 Å². The van der Waals surface area contributed by atoms with Crippen LogP contribution in [0.25, 0.3) is 0 Å². The molecule has 11 heterocycles. The fourth-order valence-corrected chi connectivity index (χ4v) is 18.5. The Hall–Kier alpha value is -5.67. The number of ether oxygens (including phenoxy) is 21. The molecule has 63 heteroatoms. The summed E-state index contributed by atoms with van der Waals surface area (Å²) in [5.74, 6) is -6.49. The third kappa shape index (κ3) is 26.9. The minimum Gasteiger partial charge on any atom is -0.394 e. The van der Waals surface area contributed by atoms with Crippen molar-refractivity contribution in [2.45, 2.75) is 386 Å². The number of hydrogen-bond donors (Lipinski definition) is 35. The molecule has 55 atom stereocenters. The highest BCUT2D eigenvalue weighted by Crippen LogP contribution is 2.42. The van der Waals surface area contributed by atoms with Crippen molar-refractivity contribution < 1.29 is 276 Å². The van der Waals surface area contributed by atoms with Gasteiger partial charge in [-0.15, -0.1) is 0 Å². The van der Waals surface area contributed by atoms with E-state index in [9.17, 15) is 177 Å². The van der Waals surface area contributed by atoms with E-state index in [1.54, 1.807) is 0 Å². The molecule has 63 nitrogen and oxygen atoms in total. The van der Waals surface area contributed by atoms with Crippen LogP contribution in [0.1, 0.15) is 48.5 Å². The Morgan fingerprint density at radius 1 is 0.182 bits per heavy atom. The number of rotatable bonds is 38. The molecular formula is C80H133N7O56. The highest BCUT2D eigenvalue weighted by atomic mass is 16.8. The molecule has 0 unspecified atom stereocenters. The van der Waals surface area contributed by atoms with Crippen molar-refractivity contribution in [3.63, 3.8) is 0 Å². The maximum absolute atomic E-state index is 13.3.